The molecule has 0 aliphatic carbocycles. The molecule has 1 N–H and O–H groups in total. The molecule has 4 aromatic rings. The average molecular weight is 426 g/mol. The number of aryl methyl sites for hydroxylation is 3. The Balaban J connectivity index is 1.59. The van der Waals surface area contributed by atoms with E-state index < -0.39 is 5.97 Å². The summed E-state index contributed by atoms with van der Waals surface area (Å²) in [4.78, 5) is 45.3. The van der Waals surface area contributed by atoms with Crippen molar-refractivity contribution < 1.29 is 14.3 Å². The molecule has 0 aliphatic heterocycles. The fourth-order valence-electron chi connectivity index (χ4n) is 3.53. The average Bonchev–Trinajstić information content (AvgIpc) is 2.79. The first-order valence-corrected chi connectivity index (χ1v) is 10.2. The number of rotatable bonds is 5. The van der Waals surface area contributed by atoms with Crippen molar-refractivity contribution >= 4 is 22.7 Å². The second-order valence-corrected chi connectivity index (χ2v) is 7.73. The Morgan fingerprint density at radius 2 is 1.62 bits per heavy atom. The van der Waals surface area contributed by atoms with E-state index in [4.69, 9.17) is 4.74 Å². The summed E-state index contributed by atoms with van der Waals surface area (Å²) < 4.78 is 5.40. The quantitative estimate of drug-likeness (QED) is 0.377. The first kappa shape index (κ1) is 21.2. The van der Waals surface area contributed by atoms with Gasteiger partial charge >= 0.3 is 5.97 Å². The molecule has 1 aromatic heterocycles. The molecule has 32 heavy (non-hydrogen) atoms. The lowest BCUT2D eigenvalue weighted by Crippen LogP contribution is -2.16. The maximum absolute atomic E-state index is 13.1. The lowest BCUT2D eigenvalue weighted by Gasteiger charge is -2.10. The van der Waals surface area contributed by atoms with Crippen molar-refractivity contribution in [2.75, 3.05) is 0 Å². The van der Waals surface area contributed by atoms with Gasteiger partial charge in [-0.05, 0) is 55.7 Å². The maximum atomic E-state index is 13.1. The van der Waals surface area contributed by atoms with Gasteiger partial charge in [0.15, 0.2) is 5.78 Å². The van der Waals surface area contributed by atoms with Gasteiger partial charge in [-0.15, -0.1) is 0 Å². The number of fused-ring (bicyclic) bond motifs is 1. The molecule has 0 saturated carbocycles. The largest absolute Gasteiger partial charge is 0.454 e. The molecule has 0 unspecified atom stereocenters. The normalized spacial score (nSPS) is 10.8. The number of para-hydroxylation sites is 1. The molecule has 0 atom stereocenters. The number of ether oxygens (including phenoxy) is 1. The van der Waals surface area contributed by atoms with Crippen LogP contribution in [0.2, 0.25) is 0 Å². The number of nitrogens with zero attached hydrogens (tertiary/aromatic N) is 1. The molecule has 160 valence electrons. The number of hydrogen-bond acceptors (Lipinski definition) is 5. The highest BCUT2D eigenvalue weighted by Crippen LogP contribution is 2.19. The summed E-state index contributed by atoms with van der Waals surface area (Å²) in [5, 5.41) is 0.476. The van der Waals surface area contributed by atoms with Crippen LogP contribution in [-0.2, 0) is 11.3 Å². The first-order chi connectivity index (χ1) is 15.3. The molecule has 0 bridgehead atoms. The predicted molar refractivity (Wildman–Crippen MR) is 122 cm³/mol. The van der Waals surface area contributed by atoms with Gasteiger partial charge in [0, 0.05) is 11.1 Å². The minimum absolute atomic E-state index is 0.162. The van der Waals surface area contributed by atoms with E-state index in [1.807, 2.05) is 39.0 Å². The van der Waals surface area contributed by atoms with Crippen molar-refractivity contribution in [1.29, 1.82) is 0 Å². The summed E-state index contributed by atoms with van der Waals surface area (Å²) in [6, 6.07) is 17.3. The van der Waals surface area contributed by atoms with E-state index in [0.717, 1.165) is 16.7 Å². The minimum atomic E-state index is -0.662. The summed E-state index contributed by atoms with van der Waals surface area (Å²) in [5.74, 6) is -0.679. The Kier molecular flexibility index (Phi) is 5.69. The number of nitrogens with one attached hydrogen (secondary N) is 1. The SMILES string of the molecule is Cc1ccc(C(=O)c2ccccc2C(=O)OCc2nc3c(C)cccc3c(=O)[nH]2)cc1C. The number of carbonyl (C=O) groups is 2. The minimum Gasteiger partial charge on any atom is -0.454 e. The number of esters is 1. The van der Waals surface area contributed by atoms with Gasteiger partial charge in [-0.2, -0.15) is 0 Å². The highest BCUT2D eigenvalue weighted by atomic mass is 16.5. The molecule has 0 amide bonds. The fourth-order valence-corrected chi connectivity index (χ4v) is 3.53. The smallest absolute Gasteiger partial charge is 0.339 e. The number of benzene rings is 3. The van der Waals surface area contributed by atoms with Crippen LogP contribution in [0.3, 0.4) is 0 Å². The predicted octanol–water partition coefficient (Wildman–Crippen LogP) is 4.44. The van der Waals surface area contributed by atoms with Crippen LogP contribution in [0.5, 0.6) is 0 Å². The number of hydrogen-bond donors (Lipinski definition) is 1. The van der Waals surface area contributed by atoms with Gasteiger partial charge in [0.25, 0.3) is 5.56 Å². The van der Waals surface area contributed by atoms with Crippen LogP contribution in [0.15, 0.2) is 65.5 Å². The number of ketones is 1. The molecular formula is C26H22N2O4. The maximum Gasteiger partial charge on any atom is 0.339 e. The highest BCUT2D eigenvalue weighted by molar-refractivity contribution is 6.14. The topological polar surface area (TPSA) is 89.1 Å². The van der Waals surface area contributed by atoms with Crippen molar-refractivity contribution in [3.8, 4) is 0 Å². The Morgan fingerprint density at radius 1 is 0.875 bits per heavy atom. The van der Waals surface area contributed by atoms with E-state index in [0.29, 0.717) is 16.5 Å². The van der Waals surface area contributed by atoms with Crippen molar-refractivity contribution in [3.05, 3.63) is 110 Å². The monoisotopic (exact) mass is 426 g/mol. The molecule has 0 spiro atoms. The molecule has 0 aliphatic rings. The first-order valence-electron chi connectivity index (χ1n) is 10.2. The summed E-state index contributed by atoms with van der Waals surface area (Å²) in [5.41, 5.74) is 4.13. The van der Waals surface area contributed by atoms with Crippen molar-refractivity contribution in [3.63, 3.8) is 0 Å². The van der Waals surface area contributed by atoms with Crippen LogP contribution in [0.4, 0.5) is 0 Å². The van der Waals surface area contributed by atoms with Gasteiger partial charge < -0.3 is 9.72 Å². The van der Waals surface area contributed by atoms with E-state index in [-0.39, 0.29) is 34.9 Å². The van der Waals surface area contributed by atoms with Crippen LogP contribution < -0.4 is 5.56 Å². The third-order valence-corrected chi connectivity index (χ3v) is 5.49. The van der Waals surface area contributed by atoms with Gasteiger partial charge in [-0.3, -0.25) is 9.59 Å². The fraction of sp³-hybridized carbons (Fsp3) is 0.154. The number of H-pyrrole nitrogens is 1. The lowest BCUT2D eigenvalue weighted by molar-refractivity contribution is 0.0460. The molecule has 1 heterocycles. The van der Waals surface area contributed by atoms with Crippen molar-refractivity contribution in [2.24, 2.45) is 0 Å². The molecule has 0 radical (unpaired) electrons. The van der Waals surface area contributed by atoms with Gasteiger partial charge in [-0.25, -0.2) is 9.78 Å². The van der Waals surface area contributed by atoms with Crippen LogP contribution in [-0.4, -0.2) is 21.7 Å². The van der Waals surface area contributed by atoms with Gasteiger partial charge in [-0.1, -0.05) is 42.5 Å². The zero-order chi connectivity index (χ0) is 22.8. The van der Waals surface area contributed by atoms with Crippen LogP contribution in [0.25, 0.3) is 10.9 Å². The van der Waals surface area contributed by atoms with E-state index in [9.17, 15) is 14.4 Å². The van der Waals surface area contributed by atoms with Crippen LogP contribution >= 0.6 is 0 Å². The van der Waals surface area contributed by atoms with Gasteiger partial charge in [0.1, 0.15) is 12.4 Å². The van der Waals surface area contributed by atoms with Crippen molar-refractivity contribution in [1.82, 2.24) is 9.97 Å². The molecular weight excluding hydrogens is 404 g/mol. The summed E-state index contributed by atoms with van der Waals surface area (Å²) >= 11 is 0. The zero-order valence-corrected chi connectivity index (χ0v) is 18.1. The lowest BCUT2D eigenvalue weighted by atomic mass is 9.96. The van der Waals surface area contributed by atoms with Crippen LogP contribution in [0.1, 0.15) is 48.8 Å². The third-order valence-electron chi connectivity index (χ3n) is 5.49. The second-order valence-electron chi connectivity index (χ2n) is 7.73. The molecule has 6 heteroatoms. The standard InChI is InChI=1S/C26H22N2O4/c1-15-11-12-18(13-17(15)3)24(29)19-8-4-5-9-20(19)26(31)32-14-22-27-23-16(2)7-6-10-21(23)25(30)28-22/h4-13H,14H2,1-3H3,(H,27,28,30). The van der Waals surface area contributed by atoms with E-state index in [1.54, 1.807) is 42.5 Å². The van der Waals surface area contributed by atoms with Crippen LogP contribution in [0, 0.1) is 20.8 Å². The van der Waals surface area contributed by atoms with E-state index in [1.165, 1.54) is 0 Å². The zero-order valence-electron chi connectivity index (χ0n) is 18.1. The number of aromatic amines is 1. The van der Waals surface area contributed by atoms with Gasteiger partial charge in [0.05, 0.1) is 16.5 Å². The van der Waals surface area contributed by atoms with E-state index in [2.05, 4.69) is 9.97 Å². The molecule has 4 rings (SSSR count). The summed E-state index contributed by atoms with van der Waals surface area (Å²) in [6.07, 6.45) is 0. The third kappa shape index (κ3) is 4.07. The van der Waals surface area contributed by atoms with E-state index >= 15 is 0 Å². The Hall–Kier alpha value is -4.06. The Bertz CT molecular complexity index is 1420. The Morgan fingerprint density at radius 3 is 2.38 bits per heavy atom. The number of carbonyl (C=O) groups excluding carboxylic acids is 2. The van der Waals surface area contributed by atoms with Crippen molar-refractivity contribution in [2.45, 2.75) is 27.4 Å². The van der Waals surface area contributed by atoms with Gasteiger partial charge in [0.2, 0.25) is 0 Å². The number of aromatic nitrogens is 2. The summed E-state index contributed by atoms with van der Waals surface area (Å²) in [6.45, 7) is 5.55. The Labute approximate surface area is 184 Å². The molecule has 0 saturated heterocycles. The highest BCUT2D eigenvalue weighted by Gasteiger charge is 2.20. The molecule has 3 aromatic carbocycles. The molecule has 0 fully saturated rings. The summed E-state index contributed by atoms with van der Waals surface area (Å²) in [7, 11) is 0. The molecule has 6 nitrogen and oxygen atoms in total. The second kappa shape index (κ2) is 8.59.